The normalized spacial score (nSPS) is 12.8. The predicted molar refractivity (Wildman–Crippen MR) is 53.7 cm³/mol. The Kier molecular flexibility index (Phi) is 8.41. The van der Waals surface area contributed by atoms with Gasteiger partial charge in [0.1, 0.15) is 0 Å². The van der Waals surface area contributed by atoms with Gasteiger partial charge in [-0.3, -0.25) is 4.79 Å². The molecule has 0 N–H and O–H groups in total. The van der Waals surface area contributed by atoms with Crippen LogP contribution >= 0.6 is 11.6 Å². The maximum absolute atomic E-state index is 12.6. The highest BCUT2D eigenvalue weighted by atomic mass is 35.5. The lowest BCUT2D eigenvalue weighted by Crippen LogP contribution is -2.08. The number of rotatable bonds is 8. The number of unbranched alkanes of at least 4 members (excludes halogenated alkanes) is 5. The van der Waals surface area contributed by atoms with E-state index in [0.29, 0.717) is 0 Å². The molecule has 0 fully saturated rings. The Bertz CT molecular complexity index is 139. The quantitative estimate of drug-likeness (QED) is 0.438. The van der Waals surface area contributed by atoms with Gasteiger partial charge in [-0.25, -0.2) is 4.39 Å². The van der Waals surface area contributed by atoms with Crippen LogP contribution in [0.3, 0.4) is 0 Å². The van der Waals surface area contributed by atoms with Gasteiger partial charge in [-0.1, -0.05) is 45.4 Å². The minimum Gasteiger partial charge on any atom is -0.278 e. The summed E-state index contributed by atoms with van der Waals surface area (Å²) in [5, 5.41) is -0.853. The maximum Gasteiger partial charge on any atom is 0.255 e. The molecule has 1 atom stereocenters. The molecule has 0 aromatic heterocycles. The van der Waals surface area contributed by atoms with Gasteiger partial charge in [0.2, 0.25) is 0 Å². The van der Waals surface area contributed by atoms with Gasteiger partial charge < -0.3 is 0 Å². The molecule has 0 bridgehead atoms. The summed E-state index contributed by atoms with van der Waals surface area (Å²) in [5.74, 6) is 0. The van der Waals surface area contributed by atoms with Gasteiger partial charge in [0.25, 0.3) is 5.24 Å². The van der Waals surface area contributed by atoms with Crippen molar-refractivity contribution in [3.8, 4) is 0 Å². The van der Waals surface area contributed by atoms with Crippen molar-refractivity contribution in [3.63, 3.8) is 0 Å². The minimum absolute atomic E-state index is 0.286. The molecule has 0 heterocycles. The fraction of sp³-hybridized carbons (Fsp3) is 0.900. The Labute approximate surface area is 84.7 Å². The number of hydrogen-bond acceptors (Lipinski definition) is 1. The molecule has 0 aliphatic rings. The second kappa shape index (κ2) is 8.49. The number of carbonyl (C=O) groups excluding carboxylic acids is 1. The van der Waals surface area contributed by atoms with E-state index in [1.54, 1.807) is 0 Å². The van der Waals surface area contributed by atoms with E-state index in [2.05, 4.69) is 6.92 Å². The van der Waals surface area contributed by atoms with E-state index >= 15 is 0 Å². The Morgan fingerprint density at radius 1 is 1.23 bits per heavy atom. The first-order chi connectivity index (χ1) is 6.18. The third-order valence-electron chi connectivity index (χ3n) is 2.06. The van der Waals surface area contributed by atoms with Crippen LogP contribution < -0.4 is 0 Å². The molecule has 0 radical (unpaired) electrons. The Balaban J connectivity index is 3.11. The van der Waals surface area contributed by atoms with Crippen LogP contribution in [0.25, 0.3) is 0 Å². The fourth-order valence-corrected chi connectivity index (χ4v) is 1.33. The van der Waals surface area contributed by atoms with Crippen LogP contribution in [-0.2, 0) is 4.79 Å². The molecule has 0 saturated heterocycles. The van der Waals surface area contributed by atoms with Crippen LogP contribution in [0.4, 0.5) is 4.39 Å². The molecule has 0 aromatic carbocycles. The highest BCUT2D eigenvalue weighted by Crippen LogP contribution is 2.11. The van der Waals surface area contributed by atoms with Crippen LogP contribution in [0.15, 0.2) is 0 Å². The molecule has 0 rings (SSSR count). The summed E-state index contributed by atoms with van der Waals surface area (Å²) in [6, 6.07) is 0. The maximum atomic E-state index is 12.6. The van der Waals surface area contributed by atoms with E-state index in [-0.39, 0.29) is 6.42 Å². The van der Waals surface area contributed by atoms with Gasteiger partial charge in [-0.15, -0.1) is 0 Å². The van der Waals surface area contributed by atoms with Crippen molar-refractivity contribution in [1.82, 2.24) is 0 Å². The van der Waals surface area contributed by atoms with E-state index < -0.39 is 11.4 Å². The standard InChI is InChI=1S/C10H18ClFO/c1-2-3-4-5-6-7-8-9(12)10(11)13/h9H,2-8H2,1H3. The zero-order valence-electron chi connectivity index (χ0n) is 8.19. The average molecular weight is 209 g/mol. The highest BCUT2D eigenvalue weighted by molar-refractivity contribution is 6.64. The Morgan fingerprint density at radius 3 is 2.31 bits per heavy atom. The van der Waals surface area contributed by atoms with Crippen LogP contribution in [0.5, 0.6) is 0 Å². The largest absolute Gasteiger partial charge is 0.278 e. The third kappa shape index (κ3) is 8.23. The molecule has 13 heavy (non-hydrogen) atoms. The van der Waals surface area contributed by atoms with Gasteiger partial charge in [0, 0.05) is 0 Å². The van der Waals surface area contributed by atoms with Gasteiger partial charge >= 0.3 is 0 Å². The predicted octanol–water partition coefficient (Wildman–Crippen LogP) is 3.84. The minimum atomic E-state index is -1.45. The number of carbonyl (C=O) groups is 1. The van der Waals surface area contributed by atoms with E-state index in [4.69, 9.17) is 11.6 Å². The van der Waals surface area contributed by atoms with Gasteiger partial charge in [-0.2, -0.15) is 0 Å². The molecule has 0 amide bonds. The van der Waals surface area contributed by atoms with Crippen molar-refractivity contribution in [2.45, 2.75) is 58.0 Å². The molecule has 0 saturated carbocycles. The van der Waals surface area contributed by atoms with E-state index in [0.717, 1.165) is 19.3 Å². The first-order valence-corrected chi connectivity index (χ1v) is 5.39. The summed E-state index contributed by atoms with van der Waals surface area (Å²) < 4.78 is 12.6. The van der Waals surface area contributed by atoms with Gasteiger partial charge in [0.15, 0.2) is 6.17 Å². The molecular weight excluding hydrogens is 191 g/mol. The summed E-state index contributed by atoms with van der Waals surface area (Å²) in [4.78, 5) is 10.3. The summed E-state index contributed by atoms with van der Waals surface area (Å²) in [7, 11) is 0. The van der Waals surface area contributed by atoms with Crippen molar-refractivity contribution < 1.29 is 9.18 Å². The van der Waals surface area contributed by atoms with E-state index in [1.807, 2.05) is 0 Å². The van der Waals surface area contributed by atoms with Crippen LogP contribution in [-0.4, -0.2) is 11.4 Å². The van der Waals surface area contributed by atoms with Gasteiger partial charge in [-0.05, 0) is 18.0 Å². The molecule has 1 nitrogen and oxygen atoms in total. The fourth-order valence-electron chi connectivity index (χ4n) is 1.22. The Hall–Kier alpha value is -0.110. The monoisotopic (exact) mass is 208 g/mol. The topological polar surface area (TPSA) is 17.1 Å². The van der Waals surface area contributed by atoms with Gasteiger partial charge in [0.05, 0.1) is 0 Å². The third-order valence-corrected chi connectivity index (χ3v) is 2.29. The molecule has 1 unspecified atom stereocenters. The zero-order valence-corrected chi connectivity index (χ0v) is 8.95. The summed E-state index contributed by atoms with van der Waals surface area (Å²) in [5.41, 5.74) is 0. The van der Waals surface area contributed by atoms with Crippen molar-refractivity contribution in [1.29, 1.82) is 0 Å². The van der Waals surface area contributed by atoms with Crippen molar-refractivity contribution in [2.24, 2.45) is 0 Å². The number of alkyl halides is 1. The molecule has 0 aromatic rings. The Morgan fingerprint density at radius 2 is 1.77 bits per heavy atom. The molecule has 78 valence electrons. The molecule has 0 aliphatic carbocycles. The smallest absolute Gasteiger partial charge is 0.255 e. The van der Waals surface area contributed by atoms with Crippen molar-refractivity contribution >= 4 is 16.8 Å². The lowest BCUT2D eigenvalue weighted by molar-refractivity contribution is -0.116. The number of hydrogen-bond donors (Lipinski definition) is 0. The second-order valence-corrected chi connectivity index (χ2v) is 3.70. The summed E-state index contributed by atoms with van der Waals surface area (Å²) in [6.45, 7) is 2.16. The SMILES string of the molecule is CCCCCCCCC(F)C(=O)Cl. The first kappa shape index (κ1) is 12.9. The van der Waals surface area contributed by atoms with Crippen LogP contribution in [0, 0.1) is 0 Å². The first-order valence-electron chi connectivity index (χ1n) is 5.02. The van der Waals surface area contributed by atoms with Crippen molar-refractivity contribution in [2.75, 3.05) is 0 Å². The molecule has 0 aliphatic heterocycles. The molecule has 3 heteroatoms. The highest BCUT2D eigenvalue weighted by Gasteiger charge is 2.12. The van der Waals surface area contributed by atoms with Crippen LogP contribution in [0.1, 0.15) is 51.9 Å². The average Bonchev–Trinajstić information content (AvgIpc) is 2.10. The van der Waals surface area contributed by atoms with Crippen molar-refractivity contribution in [3.05, 3.63) is 0 Å². The molecular formula is C10H18ClFO. The lowest BCUT2D eigenvalue weighted by Gasteiger charge is -2.02. The lowest BCUT2D eigenvalue weighted by atomic mass is 10.1. The van der Waals surface area contributed by atoms with Crippen LogP contribution in [0.2, 0.25) is 0 Å². The summed E-state index contributed by atoms with van der Waals surface area (Å²) in [6.07, 6.45) is 5.41. The molecule has 0 spiro atoms. The number of halogens is 2. The van der Waals surface area contributed by atoms with E-state index in [9.17, 15) is 9.18 Å². The van der Waals surface area contributed by atoms with E-state index in [1.165, 1.54) is 19.3 Å². The zero-order chi connectivity index (χ0) is 10.1. The summed E-state index contributed by atoms with van der Waals surface area (Å²) >= 11 is 4.98. The second-order valence-electron chi connectivity index (χ2n) is 3.33.